The number of nitrogens with zero attached hydrogens (tertiary/aromatic N) is 4. The van der Waals surface area contributed by atoms with Crippen LogP contribution in [0.15, 0.2) is 6.20 Å². The first-order chi connectivity index (χ1) is 9.29. The van der Waals surface area contributed by atoms with Crippen LogP contribution < -0.4 is 5.32 Å². The van der Waals surface area contributed by atoms with Crippen molar-refractivity contribution < 1.29 is 4.79 Å². The van der Waals surface area contributed by atoms with Gasteiger partial charge in [0.15, 0.2) is 5.69 Å². The standard InChI is InChI=1S/C13H21N5O/c1-2-10-5-3-4-6-17(10)13(19)12-9-18(16-15-12)11-7-14-8-11/h9-11,14H,2-8H2,1H3. The van der Waals surface area contributed by atoms with Crippen molar-refractivity contribution in [2.45, 2.75) is 44.7 Å². The van der Waals surface area contributed by atoms with Crippen LogP contribution in [0.4, 0.5) is 0 Å². The molecular weight excluding hydrogens is 242 g/mol. The third-order valence-electron chi connectivity index (χ3n) is 4.22. The fourth-order valence-electron chi connectivity index (χ4n) is 2.85. The van der Waals surface area contributed by atoms with Gasteiger partial charge in [-0.15, -0.1) is 5.10 Å². The SMILES string of the molecule is CCC1CCCCN1C(=O)c1cn(C2CNC2)nn1. The molecule has 2 saturated heterocycles. The number of nitrogens with one attached hydrogen (secondary N) is 1. The Morgan fingerprint density at radius 1 is 1.47 bits per heavy atom. The molecule has 1 amide bonds. The number of carbonyl (C=O) groups is 1. The van der Waals surface area contributed by atoms with Gasteiger partial charge in [-0.1, -0.05) is 12.1 Å². The predicted octanol–water partition coefficient (Wildman–Crippen LogP) is 0.827. The van der Waals surface area contributed by atoms with Gasteiger partial charge in [0, 0.05) is 25.7 Å². The highest BCUT2D eigenvalue weighted by atomic mass is 16.2. The van der Waals surface area contributed by atoms with Crippen LogP contribution in [0.3, 0.4) is 0 Å². The van der Waals surface area contributed by atoms with Gasteiger partial charge in [-0.05, 0) is 25.7 Å². The van der Waals surface area contributed by atoms with E-state index in [1.165, 1.54) is 6.42 Å². The molecule has 0 aliphatic carbocycles. The van der Waals surface area contributed by atoms with Gasteiger partial charge in [0.05, 0.1) is 12.2 Å². The maximum atomic E-state index is 12.5. The molecule has 1 unspecified atom stereocenters. The second-order valence-corrected chi connectivity index (χ2v) is 5.45. The van der Waals surface area contributed by atoms with Crippen LogP contribution in [0.2, 0.25) is 0 Å². The molecule has 19 heavy (non-hydrogen) atoms. The Balaban J connectivity index is 1.73. The molecule has 2 aliphatic rings. The number of rotatable bonds is 3. The lowest BCUT2D eigenvalue weighted by atomic mass is 10.00. The zero-order valence-corrected chi connectivity index (χ0v) is 11.4. The number of likely N-dealkylation sites (tertiary alicyclic amines) is 1. The lowest BCUT2D eigenvalue weighted by Gasteiger charge is -2.34. The molecule has 0 bridgehead atoms. The first-order valence-corrected chi connectivity index (χ1v) is 7.23. The smallest absolute Gasteiger partial charge is 0.276 e. The number of hydrogen-bond acceptors (Lipinski definition) is 4. The molecule has 1 atom stereocenters. The van der Waals surface area contributed by atoms with Crippen molar-refractivity contribution >= 4 is 5.91 Å². The van der Waals surface area contributed by atoms with Gasteiger partial charge in [0.2, 0.25) is 0 Å². The average Bonchev–Trinajstić information content (AvgIpc) is 2.85. The van der Waals surface area contributed by atoms with Crippen LogP contribution in [0.5, 0.6) is 0 Å². The van der Waals surface area contributed by atoms with Gasteiger partial charge in [-0.3, -0.25) is 4.79 Å². The van der Waals surface area contributed by atoms with Crippen LogP contribution in [0, 0.1) is 0 Å². The zero-order chi connectivity index (χ0) is 13.2. The molecule has 2 aliphatic heterocycles. The third kappa shape index (κ3) is 2.36. The molecule has 0 spiro atoms. The minimum absolute atomic E-state index is 0.0464. The number of aromatic nitrogens is 3. The summed E-state index contributed by atoms with van der Waals surface area (Å²) in [4.78, 5) is 14.5. The quantitative estimate of drug-likeness (QED) is 0.877. The second-order valence-electron chi connectivity index (χ2n) is 5.45. The van der Waals surface area contributed by atoms with Gasteiger partial charge >= 0.3 is 0 Å². The Bertz CT molecular complexity index is 454. The fraction of sp³-hybridized carbons (Fsp3) is 0.769. The van der Waals surface area contributed by atoms with Crippen LogP contribution in [0.25, 0.3) is 0 Å². The highest BCUT2D eigenvalue weighted by Crippen LogP contribution is 2.21. The summed E-state index contributed by atoms with van der Waals surface area (Å²) in [5, 5.41) is 11.3. The van der Waals surface area contributed by atoms with Crippen LogP contribution in [-0.2, 0) is 0 Å². The summed E-state index contributed by atoms with van der Waals surface area (Å²) >= 11 is 0. The Labute approximate surface area is 113 Å². The molecule has 6 heteroatoms. The van der Waals surface area contributed by atoms with E-state index in [1.807, 2.05) is 9.58 Å². The van der Waals surface area contributed by atoms with Crippen LogP contribution in [0.1, 0.15) is 49.1 Å². The molecular formula is C13H21N5O. The molecule has 1 aromatic rings. The van der Waals surface area contributed by atoms with Crippen molar-refractivity contribution in [1.82, 2.24) is 25.2 Å². The summed E-state index contributed by atoms with van der Waals surface area (Å²) in [7, 11) is 0. The fourth-order valence-corrected chi connectivity index (χ4v) is 2.85. The maximum absolute atomic E-state index is 12.5. The zero-order valence-electron chi connectivity index (χ0n) is 11.4. The molecule has 3 rings (SSSR count). The molecule has 0 aromatic carbocycles. The largest absolute Gasteiger partial charge is 0.334 e. The van der Waals surface area contributed by atoms with Crippen LogP contribution in [-0.4, -0.2) is 51.5 Å². The van der Waals surface area contributed by atoms with Gasteiger partial charge in [0.1, 0.15) is 0 Å². The van der Waals surface area contributed by atoms with E-state index >= 15 is 0 Å². The van der Waals surface area contributed by atoms with E-state index in [4.69, 9.17) is 0 Å². The number of piperidine rings is 1. The van der Waals surface area contributed by atoms with E-state index in [0.29, 0.717) is 17.8 Å². The van der Waals surface area contributed by atoms with Crippen molar-refractivity contribution in [2.75, 3.05) is 19.6 Å². The first kappa shape index (κ1) is 12.6. The van der Waals surface area contributed by atoms with Gasteiger partial charge in [-0.25, -0.2) is 4.68 Å². The Hall–Kier alpha value is -1.43. The summed E-state index contributed by atoms with van der Waals surface area (Å²) in [5.74, 6) is 0.0464. The molecule has 0 saturated carbocycles. The summed E-state index contributed by atoms with van der Waals surface area (Å²) in [6.45, 7) is 4.83. The number of carbonyl (C=O) groups excluding carboxylic acids is 1. The minimum atomic E-state index is 0.0464. The molecule has 0 radical (unpaired) electrons. The van der Waals surface area contributed by atoms with E-state index in [2.05, 4.69) is 22.6 Å². The second kappa shape index (κ2) is 5.28. The monoisotopic (exact) mass is 263 g/mol. The van der Waals surface area contributed by atoms with Crippen molar-refractivity contribution in [3.8, 4) is 0 Å². The topological polar surface area (TPSA) is 63.1 Å². The lowest BCUT2D eigenvalue weighted by Crippen LogP contribution is -2.44. The van der Waals surface area contributed by atoms with E-state index in [0.717, 1.165) is 38.9 Å². The number of hydrogen-bond donors (Lipinski definition) is 1. The van der Waals surface area contributed by atoms with E-state index in [9.17, 15) is 4.79 Å². The van der Waals surface area contributed by atoms with Gasteiger partial charge < -0.3 is 10.2 Å². The van der Waals surface area contributed by atoms with E-state index < -0.39 is 0 Å². The highest BCUT2D eigenvalue weighted by Gasteiger charge is 2.29. The lowest BCUT2D eigenvalue weighted by molar-refractivity contribution is 0.0602. The van der Waals surface area contributed by atoms with Crippen molar-refractivity contribution in [3.05, 3.63) is 11.9 Å². The Morgan fingerprint density at radius 3 is 3.00 bits per heavy atom. The normalized spacial score (nSPS) is 24.3. The Morgan fingerprint density at radius 2 is 2.32 bits per heavy atom. The molecule has 3 heterocycles. The van der Waals surface area contributed by atoms with Gasteiger partial charge in [-0.2, -0.15) is 0 Å². The van der Waals surface area contributed by atoms with Crippen molar-refractivity contribution in [1.29, 1.82) is 0 Å². The average molecular weight is 263 g/mol. The molecule has 104 valence electrons. The van der Waals surface area contributed by atoms with Crippen molar-refractivity contribution in [2.24, 2.45) is 0 Å². The molecule has 1 N–H and O–H groups in total. The van der Waals surface area contributed by atoms with Crippen molar-refractivity contribution in [3.63, 3.8) is 0 Å². The molecule has 1 aromatic heterocycles. The van der Waals surface area contributed by atoms with E-state index in [1.54, 1.807) is 6.20 Å². The van der Waals surface area contributed by atoms with Crippen LogP contribution >= 0.6 is 0 Å². The summed E-state index contributed by atoms with van der Waals surface area (Å²) in [6.07, 6.45) is 6.26. The Kier molecular flexibility index (Phi) is 3.50. The summed E-state index contributed by atoms with van der Waals surface area (Å²) < 4.78 is 1.81. The van der Waals surface area contributed by atoms with Gasteiger partial charge in [0.25, 0.3) is 5.91 Å². The first-order valence-electron chi connectivity index (χ1n) is 7.23. The summed E-state index contributed by atoms with van der Waals surface area (Å²) in [5.41, 5.74) is 0.493. The summed E-state index contributed by atoms with van der Waals surface area (Å²) in [6, 6.07) is 0.731. The molecule has 6 nitrogen and oxygen atoms in total. The van der Waals surface area contributed by atoms with E-state index in [-0.39, 0.29) is 5.91 Å². The third-order valence-corrected chi connectivity index (χ3v) is 4.22. The predicted molar refractivity (Wildman–Crippen MR) is 70.9 cm³/mol. The minimum Gasteiger partial charge on any atom is -0.334 e. The highest BCUT2D eigenvalue weighted by molar-refractivity contribution is 5.92. The number of amides is 1. The maximum Gasteiger partial charge on any atom is 0.276 e. The molecule has 2 fully saturated rings.